The molecule has 142 valence electrons. The van der Waals surface area contributed by atoms with Crippen LogP contribution in [0.2, 0.25) is 0 Å². The largest absolute Gasteiger partial charge is 0.494 e. The van der Waals surface area contributed by atoms with Crippen molar-refractivity contribution in [3.63, 3.8) is 0 Å². The molecule has 0 atom stereocenters. The van der Waals surface area contributed by atoms with Crippen LogP contribution in [0.1, 0.15) is 18.1 Å². The molecular weight excluding hydrogens is 451 g/mol. The summed E-state index contributed by atoms with van der Waals surface area (Å²) in [5.41, 5.74) is 1.40. The van der Waals surface area contributed by atoms with Crippen LogP contribution in [0.15, 0.2) is 47.5 Å². The van der Waals surface area contributed by atoms with Crippen LogP contribution in [-0.4, -0.2) is 26.2 Å². The molecule has 4 nitrogen and oxygen atoms in total. The number of halogens is 3. The molecule has 2 aromatic carbocycles. The number of guanidine groups is 1. The molecule has 26 heavy (non-hydrogen) atoms. The highest BCUT2D eigenvalue weighted by Gasteiger charge is 2.04. The predicted molar refractivity (Wildman–Crippen MR) is 111 cm³/mol. The van der Waals surface area contributed by atoms with Gasteiger partial charge in [0.05, 0.1) is 13.7 Å². The number of methoxy groups -OCH3 is 1. The van der Waals surface area contributed by atoms with E-state index in [-0.39, 0.29) is 35.5 Å². The third kappa shape index (κ3) is 6.78. The molecule has 2 N–H and O–H groups in total. The summed E-state index contributed by atoms with van der Waals surface area (Å²) in [5, 5.41) is 6.28. The fourth-order valence-electron chi connectivity index (χ4n) is 2.34. The number of nitrogens with one attached hydrogen (secondary N) is 2. The minimum atomic E-state index is -0.410. The average molecular weight is 475 g/mol. The highest BCUT2D eigenvalue weighted by Crippen LogP contribution is 2.18. The second-order valence-corrected chi connectivity index (χ2v) is 5.43. The van der Waals surface area contributed by atoms with Gasteiger partial charge in [0.2, 0.25) is 0 Å². The number of rotatable bonds is 7. The molecule has 0 unspecified atom stereocenters. The van der Waals surface area contributed by atoms with Crippen LogP contribution in [0.25, 0.3) is 0 Å². The topological polar surface area (TPSA) is 45.7 Å². The molecular formula is C19H24F2IN3O. The van der Waals surface area contributed by atoms with Gasteiger partial charge in [0.15, 0.2) is 17.5 Å². The lowest BCUT2D eigenvalue weighted by molar-refractivity contribution is 0.386. The zero-order valence-corrected chi connectivity index (χ0v) is 17.2. The average Bonchev–Trinajstić information content (AvgIpc) is 2.61. The van der Waals surface area contributed by atoms with Gasteiger partial charge in [-0.05, 0) is 42.7 Å². The standard InChI is InChI=1S/C19H23F2N3O.HI/c1-3-22-19(23-11-10-15-6-4-5-7-16(15)20)24-13-14-8-9-18(25-2)17(21)12-14;/h4-9,12H,3,10-11,13H2,1-2H3,(H2,22,23,24);1H. The zero-order valence-electron chi connectivity index (χ0n) is 14.9. The Kier molecular flexibility index (Phi) is 9.93. The molecule has 0 spiro atoms. The van der Waals surface area contributed by atoms with E-state index in [1.165, 1.54) is 19.2 Å². The number of nitrogens with zero attached hydrogens (tertiary/aromatic N) is 1. The summed E-state index contributed by atoms with van der Waals surface area (Å²) >= 11 is 0. The van der Waals surface area contributed by atoms with Crippen molar-refractivity contribution in [3.05, 3.63) is 65.2 Å². The second kappa shape index (κ2) is 11.7. The fraction of sp³-hybridized carbons (Fsp3) is 0.316. The molecule has 7 heteroatoms. The number of aliphatic imine (C=N–C) groups is 1. The first kappa shape index (κ1) is 22.1. The predicted octanol–water partition coefficient (Wildman–Crippen LogP) is 3.89. The highest BCUT2D eigenvalue weighted by molar-refractivity contribution is 14.0. The van der Waals surface area contributed by atoms with Crippen LogP contribution in [0.3, 0.4) is 0 Å². The lowest BCUT2D eigenvalue weighted by Crippen LogP contribution is -2.38. The normalized spacial score (nSPS) is 10.8. The van der Waals surface area contributed by atoms with Gasteiger partial charge in [0, 0.05) is 13.1 Å². The summed E-state index contributed by atoms with van der Waals surface area (Å²) in [6.45, 7) is 3.53. The van der Waals surface area contributed by atoms with Crippen molar-refractivity contribution in [1.82, 2.24) is 10.6 Å². The van der Waals surface area contributed by atoms with E-state index in [1.54, 1.807) is 24.3 Å². The molecule has 0 aliphatic heterocycles. The summed E-state index contributed by atoms with van der Waals surface area (Å²) in [6, 6.07) is 11.5. The van der Waals surface area contributed by atoms with E-state index < -0.39 is 5.82 Å². The molecule has 2 aromatic rings. The van der Waals surface area contributed by atoms with E-state index in [2.05, 4.69) is 15.6 Å². The molecule has 0 radical (unpaired) electrons. The van der Waals surface area contributed by atoms with Crippen molar-refractivity contribution in [1.29, 1.82) is 0 Å². The van der Waals surface area contributed by atoms with Gasteiger partial charge in [0.25, 0.3) is 0 Å². The molecule has 0 aliphatic rings. The van der Waals surface area contributed by atoms with E-state index >= 15 is 0 Å². The van der Waals surface area contributed by atoms with Crippen LogP contribution in [0.5, 0.6) is 5.75 Å². The molecule has 0 saturated heterocycles. The van der Waals surface area contributed by atoms with Crippen molar-refractivity contribution in [3.8, 4) is 5.75 Å². The minimum absolute atomic E-state index is 0. The van der Waals surface area contributed by atoms with Gasteiger partial charge in [-0.1, -0.05) is 24.3 Å². The van der Waals surface area contributed by atoms with Crippen LogP contribution in [-0.2, 0) is 13.0 Å². The van der Waals surface area contributed by atoms with Gasteiger partial charge in [0.1, 0.15) is 5.82 Å². The molecule has 0 saturated carbocycles. The van der Waals surface area contributed by atoms with Crippen LogP contribution < -0.4 is 15.4 Å². The summed E-state index contributed by atoms with van der Waals surface area (Å²) in [4.78, 5) is 4.43. The Labute approximate surface area is 170 Å². The summed E-state index contributed by atoms with van der Waals surface area (Å²) in [5.74, 6) is 0.199. The molecule has 2 rings (SSSR count). The van der Waals surface area contributed by atoms with E-state index in [0.29, 0.717) is 37.6 Å². The third-order valence-electron chi connectivity index (χ3n) is 3.62. The number of benzene rings is 2. The Morgan fingerprint density at radius 3 is 2.50 bits per heavy atom. The fourth-order valence-corrected chi connectivity index (χ4v) is 2.34. The molecule has 0 bridgehead atoms. The van der Waals surface area contributed by atoms with Gasteiger partial charge in [-0.3, -0.25) is 0 Å². The molecule has 0 aliphatic carbocycles. The van der Waals surface area contributed by atoms with Gasteiger partial charge in [-0.15, -0.1) is 24.0 Å². The molecule has 0 fully saturated rings. The van der Waals surface area contributed by atoms with Crippen molar-refractivity contribution >= 4 is 29.9 Å². The third-order valence-corrected chi connectivity index (χ3v) is 3.62. The van der Waals surface area contributed by atoms with Crippen LogP contribution in [0, 0.1) is 11.6 Å². The van der Waals surface area contributed by atoms with Gasteiger partial charge in [-0.2, -0.15) is 0 Å². The van der Waals surface area contributed by atoms with Crippen molar-refractivity contribution in [2.24, 2.45) is 4.99 Å². The summed E-state index contributed by atoms with van der Waals surface area (Å²) < 4.78 is 32.2. The van der Waals surface area contributed by atoms with E-state index in [9.17, 15) is 8.78 Å². The Morgan fingerprint density at radius 1 is 1.08 bits per heavy atom. The monoisotopic (exact) mass is 475 g/mol. The Hall–Kier alpha value is -1.90. The zero-order chi connectivity index (χ0) is 18.1. The number of hydrogen-bond donors (Lipinski definition) is 2. The maximum Gasteiger partial charge on any atom is 0.191 e. The highest BCUT2D eigenvalue weighted by atomic mass is 127. The smallest absolute Gasteiger partial charge is 0.191 e. The second-order valence-electron chi connectivity index (χ2n) is 5.43. The maximum absolute atomic E-state index is 13.7. The SMILES string of the molecule is CCNC(=NCc1ccc(OC)c(F)c1)NCCc1ccccc1F.I. The molecule has 0 aromatic heterocycles. The van der Waals surface area contributed by atoms with Gasteiger partial charge in [-0.25, -0.2) is 13.8 Å². The Balaban J connectivity index is 0.00000338. The van der Waals surface area contributed by atoms with Gasteiger partial charge < -0.3 is 15.4 Å². The van der Waals surface area contributed by atoms with Crippen molar-refractivity contribution < 1.29 is 13.5 Å². The molecule has 0 heterocycles. The Bertz CT molecular complexity index is 726. The van der Waals surface area contributed by atoms with Gasteiger partial charge >= 0.3 is 0 Å². The van der Waals surface area contributed by atoms with Crippen LogP contribution >= 0.6 is 24.0 Å². The summed E-state index contributed by atoms with van der Waals surface area (Å²) in [7, 11) is 1.43. The number of ether oxygens (including phenoxy) is 1. The maximum atomic E-state index is 13.7. The van der Waals surface area contributed by atoms with Crippen LogP contribution in [0.4, 0.5) is 8.78 Å². The van der Waals surface area contributed by atoms with Crippen molar-refractivity contribution in [2.45, 2.75) is 19.9 Å². The first-order valence-electron chi connectivity index (χ1n) is 8.22. The Morgan fingerprint density at radius 2 is 1.85 bits per heavy atom. The number of hydrogen-bond acceptors (Lipinski definition) is 2. The van der Waals surface area contributed by atoms with E-state index in [4.69, 9.17) is 4.74 Å². The quantitative estimate of drug-likeness (QED) is 0.363. The lowest BCUT2D eigenvalue weighted by Gasteiger charge is -2.12. The molecule has 0 amide bonds. The first-order chi connectivity index (χ1) is 12.1. The summed E-state index contributed by atoms with van der Waals surface area (Å²) in [6.07, 6.45) is 0.550. The van der Waals surface area contributed by atoms with E-state index in [1.807, 2.05) is 13.0 Å². The van der Waals surface area contributed by atoms with Crippen molar-refractivity contribution in [2.75, 3.05) is 20.2 Å². The minimum Gasteiger partial charge on any atom is -0.494 e. The first-order valence-corrected chi connectivity index (χ1v) is 8.22. The van der Waals surface area contributed by atoms with E-state index in [0.717, 1.165) is 5.56 Å². The lowest BCUT2D eigenvalue weighted by atomic mass is 10.1.